The molecule has 1 amide bonds. The smallest absolute Gasteiger partial charge is 0.345 e. The van der Waals surface area contributed by atoms with E-state index in [1.54, 1.807) is 11.8 Å². The highest BCUT2D eigenvalue weighted by molar-refractivity contribution is 7.99. The van der Waals surface area contributed by atoms with Crippen molar-refractivity contribution in [1.29, 1.82) is 0 Å². The number of nitrogens with one attached hydrogen (secondary N) is 2. The summed E-state index contributed by atoms with van der Waals surface area (Å²) in [5.74, 6) is -0.333. The van der Waals surface area contributed by atoms with Crippen LogP contribution in [-0.2, 0) is 14.9 Å². The summed E-state index contributed by atoms with van der Waals surface area (Å²) in [5.41, 5.74) is -0.0519. The molecule has 0 radical (unpaired) electrons. The number of hydrogen-bond donors (Lipinski definition) is 3. The maximum absolute atomic E-state index is 13.9. The minimum absolute atomic E-state index is 0.00111. The molecule has 5 saturated carbocycles. The number of carboxylic acid groups (broad SMARTS) is 1. The molecule has 7 nitrogen and oxygen atoms in total. The largest absolute Gasteiger partial charge is 0.481 e. The van der Waals surface area contributed by atoms with Gasteiger partial charge >= 0.3 is 12.6 Å². The van der Waals surface area contributed by atoms with E-state index in [-0.39, 0.29) is 30.2 Å². The molecule has 6 aliphatic rings. The Balaban J connectivity index is 1.26. The second-order valence-electron chi connectivity index (χ2n) is 13.1. The van der Waals surface area contributed by atoms with Gasteiger partial charge < -0.3 is 20.5 Å². The van der Waals surface area contributed by atoms with E-state index in [4.69, 9.17) is 9.72 Å². The van der Waals surface area contributed by atoms with Crippen molar-refractivity contribution >= 4 is 23.6 Å². The molecule has 3 N–H and O–H groups in total. The summed E-state index contributed by atoms with van der Waals surface area (Å²) in [6.07, 6.45) is 11.1. The summed E-state index contributed by atoms with van der Waals surface area (Å²) < 4.78 is 31.7. The number of carbonyl (C=O) groups excluding carboxylic acids is 1. The molecule has 40 heavy (non-hydrogen) atoms. The Morgan fingerprint density at radius 3 is 2.52 bits per heavy atom. The molecule has 3 atom stereocenters. The van der Waals surface area contributed by atoms with Gasteiger partial charge in [0.2, 0.25) is 0 Å². The first-order valence-electron chi connectivity index (χ1n) is 15.1. The Kier molecular flexibility index (Phi) is 8.13. The van der Waals surface area contributed by atoms with Crippen LogP contribution in [0.4, 0.5) is 8.78 Å². The fourth-order valence-corrected chi connectivity index (χ4v) is 10.1. The Labute approximate surface area is 239 Å². The molecular formula is C30H41F2N3O4S. The number of nitrogens with zero attached hydrogens (tertiary/aromatic N) is 1. The molecule has 4 bridgehead atoms. The number of amides is 1. The van der Waals surface area contributed by atoms with Crippen molar-refractivity contribution in [2.75, 3.05) is 13.1 Å². The highest BCUT2D eigenvalue weighted by Gasteiger charge is 2.57. The quantitative estimate of drug-likeness (QED) is 0.355. The number of aliphatic carboxylic acids is 1. The molecule has 6 fully saturated rings. The Hall–Kier alpha value is -1.78. The van der Waals surface area contributed by atoms with Crippen LogP contribution in [0, 0.1) is 17.8 Å². The van der Waals surface area contributed by atoms with E-state index in [9.17, 15) is 23.5 Å². The van der Waals surface area contributed by atoms with Crippen LogP contribution < -0.4 is 10.6 Å². The number of pyridine rings is 1. The number of carboxylic acids is 1. The van der Waals surface area contributed by atoms with E-state index in [0.717, 1.165) is 50.8 Å². The number of carbonyl (C=O) groups is 2. The normalized spacial score (nSPS) is 35.7. The minimum Gasteiger partial charge on any atom is -0.481 e. The summed E-state index contributed by atoms with van der Waals surface area (Å²) >= 11 is 1.67. The lowest BCUT2D eigenvalue weighted by Gasteiger charge is -2.59. The number of piperidine rings is 1. The van der Waals surface area contributed by atoms with Crippen molar-refractivity contribution in [2.24, 2.45) is 17.8 Å². The van der Waals surface area contributed by atoms with Gasteiger partial charge in [0.1, 0.15) is 5.03 Å². The molecule has 1 aromatic rings. The number of aromatic nitrogens is 1. The molecular weight excluding hydrogens is 536 g/mol. The van der Waals surface area contributed by atoms with Gasteiger partial charge in [0.25, 0.3) is 5.91 Å². The monoisotopic (exact) mass is 577 g/mol. The average Bonchev–Trinajstić information content (AvgIpc) is 2.90. The zero-order valence-corrected chi connectivity index (χ0v) is 23.8. The number of rotatable bonds is 9. The van der Waals surface area contributed by atoms with Crippen molar-refractivity contribution in [3.8, 4) is 0 Å². The number of alkyl halides is 2. The Bertz CT molecular complexity index is 1090. The van der Waals surface area contributed by atoms with Crippen LogP contribution in [0.5, 0.6) is 0 Å². The first kappa shape index (κ1) is 28.3. The molecule has 1 saturated heterocycles. The standard InChI is InChI=1S/C30H41F2N3O4S/c31-28(32)39-30-13-18-11-19(14-30)25(20(12-18)15-30)35-26(38)22-7-8-23(29(16-24(36)37)9-4-10-33-17-29)34-27(22)40-21-5-2-1-3-6-21/h7-8,18-21,25,28,33H,1-6,9-17H2,(H,35,38)(H,36,37)/t18?,19?,20?,25-,29-,30+/m0/s1. The van der Waals surface area contributed by atoms with Crippen LogP contribution >= 0.6 is 11.8 Å². The molecule has 10 heteroatoms. The molecule has 1 aliphatic heterocycles. The van der Waals surface area contributed by atoms with Gasteiger partial charge in [-0.05, 0) is 94.2 Å². The maximum Gasteiger partial charge on any atom is 0.345 e. The van der Waals surface area contributed by atoms with Crippen LogP contribution in [0.2, 0.25) is 0 Å². The zero-order valence-electron chi connectivity index (χ0n) is 23.0. The van der Waals surface area contributed by atoms with Gasteiger partial charge in [-0.1, -0.05) is 19.3 Å². The van der Waals surface area contributed by atoms with Crippen molar-refractivity contribution in [1.82, 2.24) is 15.6 Å². The second-order valence-corrected chi connectivity index (χ2v) is 14.4. The molecule has 0 spiro atoms. The van der Waals surface area contributed by atoms with Crippen molar-refractivity contribution < 1.29 is 28.2 Å². The predicted molar refractivity (Wildman–Crippen MR) is 148 cm³/mol. The summed E-state index contributed by atoms with van der Waals surface area (Å²) in [7, 11) is 0. The summed E-state index contributed by atoms with van der Waals surface area (Å²) in [6.45, 7) is -1.35. The molecule has 0 aromatic carbocycles. The SMILES string of the molecule is O=C(O)C[C@@]1(c2ccc(C(=O)N[C@H]3C4CC5CC3C[C@@](OC(F)F)(C5)C4)c(SC3CCCCC3)n2)CCCNC1. The van der Waals surface area contributed by atoms with E-state index in [2.05, 4.69) is 10.6 Å². The van der Waals surface area contributed by atoms with E-state index in [1.807, 2.05) is 12.1 Å². The van der Waals surface area contributed by atoms with Gasteiger partial charge in [0, 0.05) is 28.9 Å². The van der Waals surface area contributed by atoms with E-state index >= 15 is 0 Å². The van der Waals surface area contributed by atoms with Crippen molar-refractivity contribution in [2.45, 2.75) is 117 Å². The minimum atomic E-state index is -2.77. The van der Waals surface area contributed by atoms with Crippen molar-refractivity contribution in [3.63, 3.8) is 0 Å². The molecule has 2 heterocycles. The van der Waals surface area contributed by atoms with E-state index < -0.39 is 23.6 Å². The number of halogens is 2. The summed E-state index contributed by atoms with van der Waals surface area (Å²) in [5, 5.41) is 17.5. The van der Waals surface area contributed by atoms with Crippen LogP contribution in [-0.4, -0.2) is 58.6 Å². The molecule has 2 unspecified atom stereocenters. The lowest BCUT2D eigenvalue weighted by atomic mass is 9.52. The van der Waals surface area contributed by atoms with Crippen LogP contribution in [0.3, 0.4) is 0 Å². The van der Waals surface area contributed by atoms with Gasteiger partial charge in [-0.2, -0.15) is 8.78 Å². The summed E-state index contributed by atoms with van der Waals surface area (Å²) in [4.78, 5) is 30.8. The van der Waals surface area contributed by atoms with Crippen molar-refractivity contribution in [3.05, 3.63) is 23.4 Å². The fraction of sp³-hybridized carbons (Fsp3) is 0.767. The maximum atomic E-state index is 13.9. The number of ether oxygens (including phenoxy) is 1. The highest BCUT2D eigenvalue weighted by Crippen LogP contribution is 2.57. The Morgan fingerprint density at radius 1 is 1.12 bits per heavy atom. The predicted octanol–water partition coefficient (Wildman–Crippen LogP) is 5.52. The first-order chi connectivity index (χ1) is 19.2. The van der Waals surface area contributed by atoms with E-state index in [1.165, 1.54) is 19.3 Å². The third-order valence-corrected chi connectivity index (χ3v) is 11.6. The molecule has 5 aliphatic carbocycles. The van der Waals surface area contributed by atoms with E-state index in [0.29, 0.717) is 47.6 Å². The first-order valence-corrected chi connectivity index (χ1v) is 16.0. The van der Waals surface area contributed by atoms with Gasteiger partial charge in [-0.15, -0.1) is 11.8 Å². The lowest BCUT2D eigenvalue weighted by Crippen LogP contribution is -2.62. The third kappa shape index (κ3) is 5.77. The zero-order chi connectivity index (χ0) is 27.9. The van der Waals surface area contributed by atoms with Crippen LogP contribution in [0.25, 0.3) is 0 Å². The molecule has 220 valence electrons. The topological polar surface area (TPSA) is 101 Å². The average molecular weight is 578 g/mol. The molecule has 1 aromatic heterocycles. The molecule has 7 rings (SSSR count). The van der Waals surface area contributed by atoms with Crippen LogP contribution in [0.15, 0.2) is 17.2 Å². The Morgan fingerprint density at radius 2 is 1.88 bits per heavy atom. The summed E-state index contributed by atoms with van der Waals surface area (Å²) in [6, 6.07) is 3.66. The van der Waals surface area contributed by atoms with Gasteiger partial charge in [-0.3, -0.25) is 9.59 Å². The lowest BCUT2D eigenvalue weighted by molar-refractivity contribution is -0.260. The van der Waals surface area contributed by atoms with Gasteiger partial charge in [0.05, 0.1) is 17.6 Å². The third-order valence-electron chi connectivity index (χ3n) is 10.3. The fourth-order valence-electron chi connectivity index (χ4n) is 8.80. The van der Waals surface area contributed by atoms with Gasteiger partial charge in [0.15, 0.2) is 0 Å². The second kappa shape index (κ2) is 11.5. The van der Waals surface area contributed by atoms with Crippen LogP contribution in [0.1, 0.15) is 99.5 Å². The van der Waals surface area contributed by atoms with Gasteiger partial charge in [-0.25, -0.2) is 4.98 Å². The highest BCUT2D eigenvalue weighted by atomic mass is 32.2. The number of hydrogen-bond acceptors (Lipinski definition) is 6. The number of thioether (sulfide) groups is 1.